The van der Waals surface area contributed by atoms with E-state index in [1.165, 1.54) is 19.4 Å². The maximum Gasteiger partial charge on any atom is 0.0506 e. The molecule has 0 aromatic carbocycles. The predicted octanol–water partition coefficient (Wildman–Crippen LogP) is 2.76. The quantitative estimate of drug-likeness (QED) is 0.803. The summed E-state index contributed by atoms with van der Waals surface area (Å²) >= 11 is 0. The summed E-state index contributed by atoms with van der Waals surface area (Å²) in [5, 5.41) is 3.62. The number of hydrogen-bond acceptors (Lipinski definition) is 3. The molecule has 0 aliphatic carbocycles. The molecule has 0 saturated carbocycles. The van der Waals surface area contributed by atoms with E-state index < -0.39 is 0 Å². The summed E-state index contributed by atoms with van der Waals surface area (Å²) in [4.78, 5) is 2.48. The van der Waals surface area contributed by atoms with Crippen molar-refractivity contribution in [1.82, 2.24) is 10.2 Å². The van der Waals surface area contributed by atoms with Gasteiger partial charge in [0.1, 0.15) is 0 Å². The summed E-state index contributed by atoms with van der Waals surface area (Å²) in [7, 11) is 2.24. The Morgan fingerprint density at radius 1 is 1.21 bits per heavy atom. The van der Waals surface area contributed by atoms with E-state index in [-0.39, 0.29) is 5.54 Å². The fourth-order valence-corrected chi connectivity index (χ4v) is 2.75. The number of hydrogen-bond donors (Lipinski definition) is 1. The first-order valence-corrected chi connectivity index (χ1v) is 7.69. The first kappa shape index (κ1) is 16.9. The van der Waals surface area contributed by atoms with Crippen molar-refractivity contribution in [2.75, 3.05) is 39.9 Å². The summed E-state index contributed by atoms with van der Waals surface area (Å²) in [5.74, 6) is 0.727. The molecule has 1 aliphatic rings. The first-order chi connectivity index (χ1) is 8.68. The van der Waals surface area contributed by atoms with Gasteiger partial charge in [-0.3, -0.25) is 0 Å². The molecule has 1 heterocycles. The summed E-state index contributed by atoms with van der Waals surface area (Å²) < 4.78 is 5.57. The highest BCUT2D eigenvalue weighted by molar-refractivity contribution is 4.81. The van der Waals surface area contributed by atoms with Gasteiger partial charge in [-0.05, 0) is 52.0 Å². The molecular formula is C16H34N2O. The Morgan fingerprint density at radius 2 is 1.89 bits per heavy atom. The Balaban J connectivity index is 2.30. The first-order valence-electron chi connectivity index (χ1n) is 7.69. The fourth-order valence-electron chi connectivity index (χ4n) is 2.75. The molecule has 1 unspecified atom stereocenters. The second kappa shape index (κ2) is 7.05. The number of nitrogens with zero attached hydrogens (tertiary/aromatic N) is 1. The van der Waals surface area contributed by atoms with Crippen molar-refractivity contribution in [3.63, 3.8) is 0 Å². The Morgan fingerprint density at radius 3 is 2.42 bits per heavy atom. The maximum absolute atomic E-state index is 5.57. The van der Waals surface area contributed by atoms with Crippen molar-refractivity contribution in [2.45, 2.75) is 53.0 Å². The minimum Gasteiger partial charge on any atom is -0.381 e. The largest absolute Gasteiger partial charge is 0.381 e. The third-order valence-corrected chi connectivity index (χ3v) is 3.62. The van der Waals surface area contributed by atoms with Crippen molar-refractivity contribution in [3.8, 4) is 0 Å². The molecule has 1 aliphatic heterocycles. The van der Waals surface area contributed by atoms with Crippen LogP contribution in [0.15, 0.2) is 0 Å². The Labute approximate surface area is 120 Å². The molecule has 0 spiro atoms. The van der Waals surface area contributed by atoms with Gasteiger partial charge in [0.15, 0.2) is 0 Å². The monoisotopic (exact) mass is 270 g/mol. The molecule has 19 heavy (non-hydrogen) atoms. The van der Waals surface area contributed by atoms with Gasteiger partial charge in [0.05, 0.1) is 6.61 Å². The predicted molar refractivity (Wildman–Crippen MR) is 82.6 cm³/mol. The topological polar surface area (TPSA) is 24.5 Å². The van der Waals surface area contributed by atoms with E-state index in [1.807, 2.05) is 0 Å². The van der Waals surface area contributed by atoms with Crippen LogP contribution in [0.1, 0.15) is 47.5 Å². The number of ether oxygens (including phenoxy) is 1. The van der Waals surface area contributed by atoms with Crippen LogP contribution in [0, 0.1) is 11.3 Å². The van der Waals surface area contributed by atoms with E-state index in [1.54, 1.807) is 0 Å². The van der Waals surface area contributed by atoms with Crippen LogP contribution in [0.3, 0.4) is 0 Å². The minimum atomic E-state index is 0.201. The zero-order valence-electron chi connectivity index (χ0n) is 13.9. The number of nitrogens with one attached hydrogen (secondary N) is 1. The van der Waals surface area contributed by atoms with E-state index in [0.717, 1.165) is 32.2 Å². The lowest BCUT2D eigenvalue weighted by atomic mass is 9.90. The Kier molecular flexibility index (Phi) is 6.28. The van der Waals surface area contributed by atoms with Gasteiger partial charge in [0.25, 0.3) is 0 Å². The van der Waals surface area contributed by atoms with Crippen LogP contribution in [-0.4, -0.2) is 50.3 Å². The van der Waals surface area contributed by atoms with Crippen molar-refractivity contribution in [2.24, 2.45) is 11.3 Å². The van der Waals surface area contributed by atoms with Gasteiger partial charge in [0.2, 0.25) is 0 Å². The standard InChI is InChI=1S/C16H34N2O/c1-15(2,3)17-12-16(4,5)13-18(6)10-14-8-7-9-19-11-14/h14,17H,7-13H2,1-6H3. The van der Waals surface area contributed by atoms with Crippen LogP contribution in [0.4, 0.5) is 0 Å². The van der Waals surface area contributed by atoms with Crippen molar-refractivity contribution in [3.05, 3.63) is 0 Å². The lowest BCUT2D eigenvalue weighted by Crippen LogP contribution is -2.46. The fraction of sp³-hybridized carbons (Fsp3) is 1.00. The average molecular weight is 270 g/mol. The Hall–Kier alpha value is -0.120. The van der Waals surface area contributed by atoms with E-state index in [9.17, 15) is 0 Å². The second-order valence-corrected chi connectivity index (χ2v) is 8.05. The maximum atomic E-state index is 5.57. The van der Waals surface area contributed by atoms with Gasteiger partial charge in [-0.15, -0.1) is 0 Å². The average Bonchev–Trinajstić information content (AvgIpc) is 2.26. The third kappa shape index (κ3) is 7.91. The van der Waals surface area contributed by atoms with Crippen LogP contribution >= 0.6 is 0 Å². The molecular weight excluding hydrogens is 236 g/mol. The normalized spacial score (nSPS) is 21.9. The molecule has 0 amide bonds. The van der Waals surface area contributed by atoms with Gasteiger partial charge >= 0.3 is 0 Å². The van der Waals surface area contributed by atoms with Gasteiger partial charge in [-0.25, -0.2) is 0 Å². The highest BCUT2D eigenvalue weighted by Gasteiger charge is 2.24. The lowest BCUT2D eigenvalue weighted by molar-refractivity contribution is 0.0370. The van der Waals surface area contributed by atoms with E-state index in [0.29, 0.717) is 5.41 Å². The molecule has 0 radical (unpaired) electrons. The molecule has 1 fully saturated rings. The molecule has 1 atom stereocenters. The highest BCUT2D eigenvalue weighted by atomic mass is 16.5. The van der Waals surface area contributed by atoms with E-state index >= 15 is 0 Å². The highest BCUT2D eigenvalue weighted by Crippen LogP contribution is 2.19. The molecule has 1 N–H and O–H groups in total. The van der Waals surface area contributed by atoms with E-state index in [4.69, 9.17) is 4.74 Å². The van der Waals surface area contributed by atoms with Crippen LogP contribution in [0.5, 0.6) is 0 Å². The van der Waals surface area contributed by atoms with Crippen LogP contribution in [0.2, 0.25) is 0 Å². The smallest absolute Gasteiger partial charge is 0.0506 e. The Bertz CT molecular complexity index is 252. The summed E-state index contributed by atoms with van der Waals surface area (Å²) in [6, 6.07) is 0. The summed E-state index contributed by atoms with van der Waals surface area (Å²) in [6.07, 6.45) is 2.55. The van der Waals surface area contributed by atoms with Gasteiger partial charge in [-0.2, -0.15) is 0 Å². The molecule has 0 aromatic rings. The summed E-state index contributed by atoms with van der Waals surface area (Å²) in [6.45, 7) is 16.6. The van der Waals surface area contributed by atoms with Gasteiger partial charge in [0, 0.05) is 31.8 Å². The molecule has 0 aromatic heterocycles. The van der Waals surface area contributed by atoms with Crippen LogP contribution in [-0.2, 0) is 4.74 Å². The second-order valence-electron chi connectivity index (χ2n) is 8.05. The SMILES string of the molecule is CN(CC1CCCOC1)CC(C)(C)CNC(C)(C)C. The third-order valence-electron chi connectivity index (χ3n) is 3.62. The summed E-state index contributed by atoms with van der Waals surface area (Å²) in [5.41, 5.74) is 0.505. The molecule has 3 heteroatoms. The molecule has 3 nitrogen and oxygen atoms in total. The molecule has 0 bridgehead atoms. The molecule has 114 valence electrons. The van der Waals surface area contributed by atoms with E-state index in [2.05, 4.69) is 51.9 Å². The number of rotatable bonds is 6. The zero-order chi connectivity index (χ0) is 14.5. The zero-order valence-corrected chi connectivity index (χ0v) is 13.9. The van der Waals surface area contributed by atoms with Crippen molar-refractivity contribution < 1.29 is 4.74 Å². The molecule has 1 saturated heterocycles. The van der Waals surface area contributed by atoms with Crippen LogP contribution in [0.25, 0.3) is 0 Å². The van der Waals surface area contributed by atoms with Gasteiger partial charge in [-0.1, -0.05) is 13.8 Å². The van der Waals surface area contributed by atoms with Gasteiger partial charge < -0.3 is 15.0 Å². The van der Waals surface area contributed by atoms with Crippen molar-refractivity contribution in [1.29, 1.82) is 0 Å². The minimum absolute atomic E-state index is 0.201. The van der Waals surface area contributed by atoms with Crippen molar-refractivity contribution >= 4 is 0 Å². The van der Waals surface area contributed by atoms with Crippen LogP contribution < -0.4 is 5.32 Å². The lowest BCUT2D eigenvalue weighted by Gasteiger charge is -2.35. The molecule has 1 rings (SSSR count).